The first-order chi connectivity index (χ1) is 8.34. The molecule has 0 aliphatic rings. The van der Waals surface area contributed by atoms with E-state index < -0.39 is 14.9 Å². The monoisotopic (exact) mass is 273 g/mol. The fraction of sp³-hybridized carbons (Fsp3) is 0.400. The van der Waals surface area contributed by atoms with Crippen molar-refractivity contribution in [1.29, 1.82) is 0 Å². The summed E-state index contributed by atoms with van der Waals surface area (Å²) in [6.07, 6.45) is 0. The molecule has 1 rings (SSSR count). The average molecular weight is 273 g/mol. The first-order valence-corrected chi connectivity index (χ1v) is 6.90. The second-order valence-electron chi connectivity index (χ2n) is 3.76. The molecule has 0 aromatic heterocycles. The number of nitrogens with one attached hydrogen (secondary N) is 2. The molecule has 0 fully saturated rings. The van der Waals surface area contributed by atoms with Gasteiger partial charge in [-0.15, -0.1) is 0 Å². The molecule has 7 nitrogen and oxygen atoms in total. The van der Waals surface area contributed by atoms with Gasteiger partial charge in [0.2, 0.25) is 10.0 Å². The van der Waals surface area contributed by atoms with Crippen LogP contribution in [-0.4, -0.2) is 32.7 Å². The second kappa shape index (κ2) is 5.78. The zero-order chi connectivity index (χ0) is 13.8. The molecule has 0 amide bonds. The van der Waals surface area contributed by atoms with Gasteiger partial charge in [0.1, 0.15) is 0 Å². The highest BCUT2D eigenvalue weighted by Crippen LogP contribution is 2.20. The molecule has 1 aromatic rings. The fourth-order valence-corrected chi connectivity index (χ4v) is 1.98. The maximum Gasteiger partial charge on any atom is 0.271 e. The lowest BCUT2D eigenvalue weighted by Gasteiger charge is -2.07. The normalized spacial score (nSPS) is 11.2. The molecule has 18 heavy (non-hydrogen) atoms. The van der Waals surface area contributed by atoms with E-state index in [2.05, 4.69) is 10.0 Å². The number of non-ortho nitro benzene ring substituents is 1. The Morgan fingerprint density at radius 1 is 1.33 bits per heavy atom. The highest BCUT2D eigenvalue weighted by atomic mass is 32.2. The third-order valence-corrected chi connectivity index (χ3v) is 3.65. The molecule has 0 saturated heterocycles. The van der Waals surface area contributed by atoms with Gasteiger partial charge in [0, 0.05) is 24.4 Å². The minimum atomic E-state index is -3.27. The van der Waals surface area contributed by atoms with Crippen LogP contribution in [0.5, 0.6) is 0 Å². The van der Waals surface area contributed by atoms with Crippen molar-refractivity contribution in [2.75, 3.05) is 24.7 Å². The predicted molar refractivity (Wildman–Crippen MR) is 69.2 cm³/mol. The van der Waals surface area contributed by atoms with Gasteiger partial charge >= 0.3 is 0 Å². The van der Waals surface area contributed by atoms with Gasteiger partial charge in [-0.05, 0) is 25.6 Å². The number of benzene rings is 1. The van der Waals surface area contributed by atoms with Gasteiger partial charge in [0.15, 0.2) is 0 Å². The minimum absolute atomic E-state index is 0.0195. The first kappa shape index (κ1) is 14.4. The van der Waals surface area contributed by atoms with Crippen LogP contribution in [0.3, 0.4) is 0 Å². The van der Waals surface area contributed by atoms with Gasteiger partial charge in [-0.25, -0.2) is 13.1 Å². The lowest BCUT2D eigenvalue weighted by molar-refractivity contribution is -0.384. The minimum Gasteiger partial charge on any atom is -0.384 e. The van der Waals surface area contributed by atoms with Crippen molar-refractivity contribution in [2.45, 2.75) is 6.92 Å². The average Bonchev–Trinajstić information content (AvgIpc) is 2.28. The molecule has 0 bridgehead atoms. The van der Waals surface area contributed by atoms with E-state index in [1.54, 1.807) is 13.0 Å². The summed E-state index contributed by atoms with van der Waals surface area (Å²) in [5, 5.41) is 13.5. The maximum absolute atomic E-state index is 11.2. The van der Waals surface area contributed by atoms with Crippen LogP contribution in [0.1, 0.15) is 5.56 Å². The number of hydrogen-bond donors (Lipinski definition) is 2. The molecule has 0 saturated carbocycles. The summed E-state index contributed by atoms with van der Waals surface area (Å²) in [6, 6.07) is 4.55. The highest BCUT2D eigenvalue weighted by Gasteiger charge is 2.09. The Kier molecular flexibility index (Phi) is 4.62. The number of rotatable bonds is 6. The molecule has 0 atom stereocenters. The molecule has 0 radical (unpaired) electrons. The van der Waals surface area contributed by atoms with E-state index in [1.807, 2.05) is 0 Å². The van der Waals surface area contributed by atoms with E-state index in [-0.39, 0.29) is 18.0 Å². The zero-order valence-corrected chi connectivity index (χ0v) is 11.0. The number of sulfonamides is 1. The van der Waals surface area contributed by atoms with Crippen LogP contribution >= 0.6 is 0 Å². The van der Waals surface area contributed by atoms with Gasteiger partial charge in [-0.1, -0.05) is 0 Å². The molecule has 1 aromatic carbocycles. The molecule has 2 N–H and O–H groups in total. The van der Waals surface area contributed by atoms with Crippen molar-refractivity contribution in [3.8, 4) is 0 Å². The molecule has 0 unspecified atom stereocenters. The van der Waals surface area contributed by atoms with E-state index in [4.69, 9.17) is 0 Å². The third kappa shape index (κ3) is 4.30. The molecule has 100 valence electrons. The van der Waals surface area contributed by atoms with Gasteiger partial charge in [0.05, 0.1) is 10.7 Å². The second-order valence-corrected chi connectivity index (χ2v) is 5.81. The Hall–Kier alpha value is -1.67. The van der Waals surface area contributed by atoms with Crippen LogP contribution in [0, 0.1) is 17.0 Å². The van der Waals surface area contributed by atoms with E-state index in [0.29, 0.717) is 5.69 Å². The molecular formula is C10H15N3O4S. The predicted octanol–water partition coefficient (Wildman–Crippen LogP) is 0.864. The molecule has 0 spiro atoms. The number of hydrogen-bond acceptors (Lipinski definition) is 5. The van der Waals surface area contributed by atoms with Crippen molar-refractivity contribution in [3.63, 3.8) is 0 Å². The summed E-state index contributed by atoms with van der Waals surface area (Å²) < 4.78 is 24.5. The molecule has 0 heterocycles. The van der Waals surface area contributed by atoms with Crippen molar-refractivity contribution < 1.29 is 13.3 Å². The van der Waals surface area contributed by atoms with Crippen LogP contribution in [0.15, 0.2) is 18.2 Å². The number of aryl methyl sites for hydroxylation is 1. The van der Waals surface area contributed by atoms with Crippen molar-refractivity contribution >= 4 is 21.4 Å². The van der Waals surface area contributed by atoms with Crippen LogP contribution < -0.4 is 10.0 Å². The lowest BCUT2D eigenvalue weighted by atomic mass is 10.2. The summed E-state index contributed by atoms with van der Waals surface area (Å²) in [5.41, 5.74) is 1.25. The molecule has 0 aliphatic carbocycles. The van der Waals surface area contributed by atoms with E-state index in [9.17, 15) is 18.5 Å². The maximum atomic E-state index is 11.2. The third-order valence-electron chi connectivity index (χ3n) is 2.28. The van der Waals surface area contributed by atoms with Gasteiger partial charge < -0.3 is 5.32 Å². The number of nitro benzene ring substituents is 1. The molecule has 8 heteroatoms. The summed E-state index contributed by atoms with van der Waals surface area (Å²) in [4.78, 5) is 10.2. The van der Waals surface area contributed by atoms with Crippen molar-refractivity contribution in [2.24, 2.45) is 0 Å². The van der Waals surface area contributed by atoms with E-state index >= 15 is 0 Å². The van der Waals surface area contributed by atoms with Crippen LogP contribution in [0.2, 0.25) is 0 Å². The molecule has 0 aliphatic heterocycles. The van der Waals surface area contributed by atoms with Gasteiger partial charge in [0.25, 0.3) is 5.69 Å². The van der Waals surface area contributed by atoms with E-state index in [1.165, 1.54) is 19.2 Å². The Morgan fingerprint density at radius 3 is 2.56 bits per heavy atom. The van der Waals surface area contributed by atoms with Crippen LogP contribution in [-0.2, 0) is 10.0 Å². The van der Waals surface area contributed by atoms with Crippen molar-refractivity contribution in [1.82, 2.24) is 4.72 Å². The SMILES string of the molecule is CNS(=O)(=O)CCNc1cc(C)cc([N+](=O)[O-])c1. The standard InChI is InChI=1S/C10H15N3O4S/c1-8-5-9(7-10(6-8)13(14)15)12-3-4-18(16,17)11-2/h5-7,11-12H,3-4H2,1-2H3. The van der Waals surface area contributed by atoms with Crippen LogP contribution in [0.4, 0.5) is 11.4 Å². The Morgan fingerprint density at radius 2 is 2.00 bits per heavy atom. The summed E-state index contributed by atoms with van der Waals surface area (Å²) in [5.74, 6) is -0.0920. The first-order valence-electron chi connectivity index (χ1n) is 5.25. The Labute approximate surface area is 105 Å². The summed E-state index contributed by atoms with van der Waals surface area (Å²) in [6.45, 7) is 1.92. The zero-order valence-electron chi connectivity index (χ0n) is 10.1. The fourth-order valence-electron chi connectivity index (χ4n) is 1.40. The largest absolute Gasteiger partial charge is 0.384 e. The van der Waals surface area contributed by atoms with Gasteiger partial charge in [-0.3, -0.25) is 10.1 Å². The topological polar surface area (TPSA) is 101 Å². The Balaban J connectivity index is 2.71. The number of anilines is 1. The van der Waals surface area contributed by atoms with Crippen molar-refractivity contribution in [3.05, 3.63) is 33.9 Å². The van der Waals surface area contributed by atoms with Gasteiger partial charge in [-0.2, -0.15) is 0 Å². The lowest BCUT2D eigenvalue weighted by Crippen LogP contribution is -2.26. The van der Waals surface area contributed by atoms with Crippen LogP contribution in [0.25, 0.3) is 0 Å². The smallest absolute Gasteiger partial charge is 0.271 e. The number of nitrogens with zero attached hydrogens (tertiary/aromatic N) is 1. The molecular weight excluding hydrogens is 258 g/mol. The highest BCUT2D eigenvalue weighted by molar-refractivity contribution is 7.89. The quantitative estimate of drug-likeness (QED) is 0.591. The number of nitro groups is 1. The summed E-state index contributed by atoms with van der Waals surface area (Å²) in [7, 11) is -1.93. The summed E-state index contributed by atoms with van der Waals surface area (Å²) >= 11 is 0. The van der Waals surface area contributed by atoms with E-state index in [0.717, 1.165) is 5.56 Å². The Bertz CT molecular complexity index is 542.